The van der Waals surface area contributed by atoms with Gasteiger partial charge < -0.3 is 19.9 Å². The summed E-state index contributed by atoms with van der Waals surface area (Å²) in [5.74, 6) is -0.601. The number of hydrogen-bond acceptors (Lipinski definition) is 6. The minimum Gasteiger partial charge on any atom is -0.444 e. The van der Waals surface area contributed by atoms with E-state index in [0.717, 1.165) is 28.2 Å². The Morgan fingerprint density at radius 1 is 0.915 bits per heavy atom. The van der Waals surface area contributed by atoms with Crippen molar-refractivity contribution >= 4 is 44.4 Å². The SMILES string of the molecule is CN(CCc1ccccc1NS(C)(=O)=O)C(=O)[C@@H](Cc1ccc2ccccc2c1)N(C)C(=O)/C=C/CC(C)(C)NC(=O)OC(C)(C)C. The van der Waals surface area contributed by atoms with E-state index in [9.17, 15) is 22.8 Å². The van der Waals surface area contributed by atoms with Crippen LogP contribution in [0.2, 0.25) is 0 Å². The van der Waals surface area contributed by atoms with E-state index in [1.807, 2.05) is 68.4 Å². The Hall–Kier alpha value is -4.38. The van der Waals surface area contributed by atoms with E-state index in [2.05, 4.69) is 10.0 Å². The number of carbonyl (C=O) groups excluding carboxylic acids is 3. The van der Waals surface area contributed by atoms with Crippen molar-refractivity contribution in [2.24, 2.45) is 0 Å². The van der Waals surface area contributed by atoms with Crippen molar-refractivity contribution in [2.75, 3.05) is 31.6 Å². The first-order valence-corrected chi connectivity index (χ1v) is 17.5. The molecule has 3 rings (SSSR count). The molecule has 0 aliphatic carbocycles. The zero-order chi connectivity index (χ0) is 35.0. The fourth-order valence-corrected chi connectivity index (χ4v) is 5.62. The maximum Gasteiger partial charge on any atom is 0.408 e. The molecule has 254 valence electrons. The Morgan fingerprint density at radius 3 is 2.21 bits per heavy atom. The lowest BCUT2D eigenvalue weighted by molar-refractivity contribution is -0.141. The minimum atomic E-state index is -3.48. The monoisotopic (exact) mass is 664 g/mol. The van der Waals surface area contributed by atoms with Gasteiger partial charge in [0.15, 0.2) is 0 Å². The third-order valence-corrected chi connectivity index (χ3v) is 8.07. The van der Waals surface area contributed by atoms with Gasteiger partial charge in [0.05, 0.1) is 11.9 Å². The highest BCUT2D eigenvalue weighted by atomic mass is 32.2. The summed E-state index contributed by atoms with van der Waals surface area (Å²) in [7, 11) is -0.185. The summed E-state index contributed by atoms with van der Waals surface area (Å²) in [5, 5.41) is 4.94. The second-order valence-corrected chi connectivity index (χ2v) is 15.3. The molecule has 0 saturated heterocycles. The van der Waals surface area contributed by atoms with Crippen LogP contribution in [0.4, 0.5) is 10.5 Å². The van der Waals surface area contributed by atoms with Crippen LogP contribution in [0.15, 0.2) is 78.9 Å². The summed E-state index contributed by atoms with van der Waals surface area (Å²) < 4.78 is 31.6. The molecule has 1 atom stereocenters. The minimum absolute atomic E-state index is 0.247. The molecule has 3 aromatic rings. The number of rotatable bonds is 13. The molecular formula is C36H48N4O6S. The molecule has 0 bridgehead atoms. The second kappa shape index (κ2) is 15.5. The number of ether oxygens (including phenoxy) is 1. The van der Waals surface area contributed by atoms with Crippen molar-refractivity contribution in [2.45, 2.75) is 71.1 Å². The molecule has 0 radical (unpaired) electrons. The number of hydrogen-bond donors (Lipinski definition) is 2. The predicted octanol–water partition coefficient (Wildman–Crippen LogP) is 5.53. The van der Waals surface area contributed by atoms with Crippen molar-refractivity contribution in [1.29, 1.82) is 0 Å². The van der Waals surface area contributed by atoms with E-state index in [1.54, 1.807) is 58.0 Å². The third kappa shape index (κ3) is 12.1. The van der Waals surface area contributed by atoms with Crippen LogP contribution >= 0.6 is 0 Å². The van der Waals surface area contributed by atoms with Crippen LogP contribution in [-0.4, -0.2) is 80.2 Å². The predicted molar refractivity (Wildman–Crippen MR) is 188 cm³/mol. The highest BCUT2D eigenvalue weighted by Gasteiger charge is 2.29. The van der Waals surface area contributed by atoms with E-state index in [4.69, 9.17) is 4.74 Å². The molecule has 0 heterocycles. The fourth-order valence-electron chi connectivity index (χ4n) is 5.03. The molecule has 11 heteroatoms. The Balaban J connectivity index is 1.79. The number of fused-ring (bicyclic) bond motifs is 1. The van der Waals surface area contributed by atoms with Gasteiger partial charge >= 0.3 is 6.09 Å². The quantitative estimate of drug-likeness (QED) is 0.232. The molecule has 47 heavy (non-hydrogen) atoms. The number of nitrogens with zero attached hydrogens (tertiary/aromatic N) is 2. The van der Waals surface area contributed by atoms with E-state index in [-0.39, 0.29) is 11.8 Å². The normalized spacial score (nSPS) is 12.9. The van der Waals surface area contributed by atoms with Gasteiger partial charge in [-0.2, -0.15) is 0 Å². The second-order valence-electron chi connectivity index (χ2n) is 13.5. The van der Waals surface area contributed by atoms with Gasteiger partial charge in [0, 0.05) is 32.6 Å². The number of sulfonamides is 1. The van der Waals surface area contributed by atoms with Crippen LogP contribution < -0.4 is 10.0 Å². The Labute approximate surface area is 279 Å². The molecule has 0 spiro atoms. The summed E-state index contributed by atoms with van der Waals surface area (Å²) >= 11 is 0. The Bertz CT molecular complexity index is 1710. The van der Waals surface area contributed by atoms with Crippen LogP contribution in [0.1, 0.15) is 52.2 Å². The van der Waals surface area contributed by atoms with Crippen molar-refractivity contribution in [3.63, 3.8) is 0 Å². The average Bonchev–Trinajstić information content (AvgIpc) is 2.96. The number of benzene rings is 3. The Kier molecular flexibility index (Phi) is 12.2. The molecule has 3 amide bonds. The zero-order valence-corrected chi connectivity index (χ0v) is 29.5. The number of alkyl carbamates (subject to hydrolysis) is 1. The smallest absolute Gasteiger partial charge is 0.408 e. The molecule has 10 nitrogen and oxygen atoms in total. The maximum absolute atomic E-state index is 14.0. The molecule has 0 fully saturated rings. The van der Waals surface area contributed by atoms with E-state index in [0.29, 0.717) is 31.5 Å². The largest absolute Gasteiger partial charge is 0.444 e. The molecule has 0 saturated carbocycles. The lowest BCUT2D eigenvalue weighted by Crippen LogP contribution is -2.49. The van der Waals surface area contributed by atoms with E-state index >= 15 is 0 Å². The highest BCUT2D eigenvalue weighted by Crippen LogP contribution is 2.21. The molecule has 0 aliphatic rings. The highest BCUT2D eigenvalue weighted by molar-refractivity contribution is 7.92. The first-order valence-electron chi connectivity index (χ1n) is 15.6. The fraction of sp³-hybridized carbons (Fsp3) is 0.417. The summed E-state index contributed by atoms with van der Waals surface area (Å²) in [6.07, 6.45) is 4.71. The van der Waals surface area contributed by atoms with Gasteiger partial charge in [-0.15, -0.1) is 0 Å². The summed E-state index contributed by atoms with van der Waals surface area (Å²) in [6.45, 7) is 9.33. The summed E-state index contributed by atoms with van der Waals surface area (Å²) in [6, 6.07) is 20.2. The van der Waals surface area contributed by atoms with Crippen molar-refractivity contribution < 1.29 is 27.5 Å². The van der Waals surface area contributed by atoms with Gasteiger partial charge in [-0.05, 0) is 81.5 Å². The summed E-state index contributed by atoms with van der Waals surface area (Å²) in [4.78, 5) is 42.8. The van der Waals surface area contributed by atoms with Crippen LogP contribution in [-0.2, 0) is 37.2 Å². The lowest BCUT2D eigenvalue weighted by atomic mass is 9.99. The molecule has 0 unspecified atom stereocenters. The third-order valence-electron chi connectivity index (χ3n) is 7.48. The first kappa shape index (κ1) is 37.1. The van der Waals surface area contributed by atoms with E-state index < -0.39 is 33.3 Å². The maximum atomic E-state index is 14.0. The number of nitrogens with one attached hydrogen (secondary N) is 2. The number of anilines is 1. The van der Waals surface area contributed by atoms with Gasteiger partial charge in [-0.3, -0.25) is 14.3 Å². The topological polar surface area (TPSA) is 125 Å². The van der Waals surface area contributed by atoms with E-state index in [1.165, 1.54) is 11.0 Å². The molecule has 2 N–H and O–H groups in total. The zero-order valence-electron chi connectivity index (χ0n) is 28.7. The number of likely N-dealkylation sites (N-methyl/N-ethyl adjacent to an activating group) is 2. The molecule has 0 aromatic heterocycles. The van der Waals surface area contributed by atoms with Crippen molar-refractivity contribution in [3.05, 3.63) is 90.0 Å². The molecular weight excluding hydrogens is 616 g/mol. The van der Waals surface area contributed by atoms with Crippen molar-refractivity contribution in [3.8, 4) is 0 Å². The first-order chi connectivity index (χ1) is 21.8. The lowest BCUT2D eigenvalue weighted by Gasteiger charge is -2.31. The standard InChI is InChI=1S/C36H48N4O6S/c1-35(2,3)46-34(43)37-36(4,5)22-13-18-32(41)40(7)31(25-26-19-20-27-14-9-10-16-29(27)24-26)33(42)39(6)23-21-28-15-11-12-17-30(28)38-47(8,44)45/h9-20,24,31,38H,21-23,25H2,1-8H3,(H,37,43)/b18-13+/t31-/m1/s1. The van der Waals surface area contributed by atoms with Crippen LogP contribution in [0.5, 0.6) is 0 Å². The molecule has 0 aliphatic heterocycles. The molecule has 3 aromatic carbocycles. The van der Waals surface area contributed by atoms with Crippen molar-refractivity contribution in [1.82, 2.24) is 15.1 Å². The van der Waals surface area contributed by atoms with Crippen LogP contribution in [0.3, 0.4) is 0 Å². The number of carbonyl (C=O) groups is 3. The summed E-state index contributed by atoms with van der Waals surface area (Å²) in [5.41, 5.74) is 0.805. The van der Waals surface area contributed by atoms with Crippen LogP contribution in [0.25, 0.3) is 10.8 Å². The van der Waals surface area contributed by atoms with Gasteiger partial charge in [-0.1, -0.05) is 66.7 Å². The van der Waals surface area contributed by atoms with Gasteiger partial charge in [0.25, 0.3) is 0 Å². The average molecular weight is 665 g/mol. The van der Waals surface area contributed by atoms with Crippen LogP contribution in [0, 0.1) is 0 Å². The van der Waals surface area contributed by atoms with Gasteiger partial charge in [0.1, 0.15) is 11.6 Å². The Morgan fingerprint density at radius 2 is 1.55 bits per heavy atom. The van der Waals surface area contributed by atoms with Gasteiger partial charge in [-0.25, -0.2) is 13.2 Å². The number of para-hydroxylation sites is 1. The number of amides is 3. The van der Waals surface area contributed by atoms with Gasteiger partial charge in [0.2, 0.25) is 21.8 Å².